The Morgan fingerprint density at radius 3 is 2.29 bits per heavy atom. The molecule has 2 aliphatic rings. The van der Waals surface area contributed by atoms with Gasteiger partial charge >= 0.3 is 0 Å². The van der Waals surface area contributed by atoms with Gasteiger partial charge in [-0.25, -0.2) is 0 Å². The number of carbonyl (C=O) groups excluding carboxylic acids is 2. The highest BCUT2D eigenvalue weighted by atomic mass is 16.5. The molecular formula is C38H60O3. The molecule has 41 heavy (non-hydrogen) atoms. The summed E-state index contributed by atoms with van der Waals surface area (Å²) in [7, 11) is 0. The van der Waals surface area contributed by atoms with E-state index in [0.29, 0.717) is 12.3 Å². The molecule has 0 aliphatic heterocycles. The quantitative estimate of drug-likeness (QED) is 0.0678. The van der Waals surface area contributed by atoms with Crippen LogP contribution in [0.15, 0.2) is 58.4 Å². The molecular weight excluding hydrogens is 504 g/mol. The zero-order valence-electron chi connectivity index (χ0n) is 27.4. The first-order valence-corrected chi connectivity index (χ1v) is 16.6. The molecule has 0 saturated heterocycles. The molecule has 0 amide bonds. The lowest BCUT2D eigenvalue weighted by Gasteiger charge is -2.22. The molecule has 0 aromatic rings. The van der Waals surface area contributed by atoms with E-state index < -0.39 is 0 Å². The van der Waals surface area contributed by atoms with Gasteiger partial charge in [-0.3, -0.25) is 4.79 Å². The monoisotopic (exact) mass is 564 g/mol. The van der Waals surface area contributed by atoms with Crippen molar-refractivity contribution in [3.05, 3.63) is 58.4 Å². The van der Waals surface area contributed by atoms with Gasteiger partial charge in [0, 0.05) is 12.8 Å². The molecule has 0 radical (unpaired) electrons. The second-order valence-electron chi connectivity index (χ2n) is 13.6. The molecule has 1 atom stereocenters. The standard InChI is InChI=1S/C38H60O3/c1-29-24-25-34(30(2)27-36(29)28-33-18-13-14-19-33)21-15-23-37(32(4)40)35(22-16-26-39)20-12-10-8-9-11-17-31(3)41-38(5,6)7/h24-27,29,33H,3,8-23,28H2,1-2,4-7H3/b37-35-. The molecule has 2 rings (SSSR count). The predicted molar refractivity (Wildman–Crippen MR) is 175 cm³/mol. The summed E-state index contributed by atoms with van der Waals surface area (Å²) in [5, 5.41) is 0. The Morgan fingerprint density at radius 2 is 1.66 bits per heavy atom. The molecule has 0 N–H and O–H groups in total. The fourth-order valence-electron chi connectivity index (χ4n) is 6.48. The third kappa shape index (κ3) is 14.0. The van der Waals surface area contributed by atoms with E-state index in [9.17, 15) is 9.59 Å². The fraction of sp³-hybridized carbons (Fsp3) is 0.684. The molecule has 2 aliphatic carbocycles. The van der Waals surface area contributed by atoms with Crippen LogP contribution in [-0.2, 0) is 14.3 Å². The maximum atomic E-state index is 12.7. The van der Waals surface area contributed by atoms with Gasteiger partial charge in [0.2, 0.25) is 0 Å². The topological polar surface area (TPSA) is 43.4 Å². The Hall–Kier alpha value is -2.16. The summed E-state index contributed by atoms with van der Waals surface area (Å²) in [5.41, 5.74) is 6.40. The summed E-state index contributed by atoms with van der Waals surface area (Å²) in [6, 6.07) is 0. The first kappa shape index (κ1) is 35.0. The third-order valence-electron chi connectivity index (χ3n) is 8.75. The Labute approximate surface area is 252 Å². The highest BCUT2D eigenvalue weighted by Crippen LogP contribution is 2.35. The lowest BCUT2D eigenvalue weighted by atomic mass is 9.89. The molecule has 230 valence electrons. The van der Waals surface area contributed by atoms with Gasteiger partial charge in [0.15, 0.2) is 5.78 Å². The highest BCUT2D eigenvalue weighted by Gasteiger charge is 2.20. The Morgan fingerprint density at radius 1 is 1.00 bits per heavy atom. The summed E-state index contributed by atoms with van der Waals surface area (Å²) < 4.78 is 5.83. The van der Waals surface area contributed by atoms with Crippen molar-refractivity contribution in [1.29, 1.82) is 0 Å². The predicted octanol–water partition coefficient (Wildman–Crippen LogP) is 11.1. The minimum atomic E-state index is -0.175. The normalized spacial score (nSPS) is 18.7. The van der Waals surface area contributed by atoms with Gasteiger partial charge in [-0.2, -0.15) is 0 Å². The van der Waals surface area contributed by atoms with Gasteiger partial charge in [-0.05, 0) is 115 Å². The average Bonchev–Trinajstić information content (AvgIpc) is 3.36. The zero-order chi connectivity index (χ0) is 30.3. The third-order valence-corrected chi connectivity index (χ3v) is 8.75. The number of Topliss-reactive ketones (excluding diaryl/α,β-unsaturated/α-hetero) is 1. The molecule has 3 heteroatoms. The second-order valence-corrected chi connectivity index (χ2v) is 13.6. The lowest BCUT2D eigenvalue weighted by Crippen LogP contribution is -2.18. The Balaban J connectivity index is 1.90. The van der Waals surface area contributed by atoms with Crippen molar-refractivity contribution in [3.8, 4) is 0 Å². The van der Waals surface area contributed by atoms with E-state index in [4.69, 9.17) is 4.74 Å². The Kier molecular flexibility index (Phi) is 15.7. The first-order valence-electron chi connectivity index (χ1n) is 16.6. The van der Waals surface area contributed by atoms with E-state index in [2.05, 4.69) is 59.4 Å². The van der Waals surface area contributed by atoms with Gasteiger partial charge in [-0.1, -0.05) is 87.8 Å². The van der Waals surface area contributed by atoms with Gasteiger partial charge in [0.25, 0.3) is 0 Å². The van der Waals surface area contributed by atoms with Crippen molar-refractivity contribution >= 4 is 12.1 Å². The molecule has 1 unspecified atom stereocenters. The Bertz CT molecular complexity index is 975. The van der Waals surface area contributed by atoms with Crippen LogP contribution in [0.1, 0.15) is 151 Å². The lowest BCUT2D eigenvalue weighted by molar-refractivity contribution is -0.114. The van der Waals surface area contributed by atoms with Crippen molar-refractivity contribution in [2.45, 2.75) is 156 Å². The van der Waals surface area contributed by atoms with E-state index >= 15 is 0 Å². The van der Waals surface area contributed by atoms with Gasteiger partial charge < -0.3 is 9.53 Å². The zero-order valence-corrected chi connectivity index (χ0v) is 27.4. The molecule has 0 heterocycles. The molecule has 0 aromatic heterocycles. The van der Waals surface area contributed by atoms with E-state index in [-0.39, 0.29) is 11.4 Å². The maximum absolute atomic E-state index is 12.7. The summed E-state index contributed by atoms with van der Waals surface area (Å²) in [6.45, 7) is 16.5. The van der Waals surface area contributed by atoms with Crippen LogP contribution in [-0.4, -0.2) is 17.7 Å². The van der Waals surface area contributed by atoms with E-state index in [1.807, 2.05) is 0 Å². The first-order chi connectivity index (χ1) is 19.5. The number of hydrogen-bond acceptors (Lipinski definition) is 3. The molecule has 0 bridgehead atoms. The summed E-state index contributed by atoms with van der Waals surface area (Å²) in [6.07, 6.45) is 26.5. The number of allylic oxidation sites excluding steroid dienone is 9. The number of carbonyl (C=O) groups is 2. The number of hydrogen-bond donors (Lipinski definition) is 0. The van der Waals surface area contributed by atoms with Crippen molar-refractivity contribution in [2.75, 3.05) is 0 Å². The van der Waals surface area contributed by atoms with Gasteiger partial charge in [0.05, 0.1) is 5.76 Å². The van der Waals surface area contributed by atoms with Crippen LogP contribution in [0.25, 0.3) is 0 Å². The van der Waals surface area contributed by atoms with Crippen LogP contribution in [0.5, 0.6) is 0 Å². The largest absolute Gasteiger partial charge is 0.493 e. The fourth-order valence-corrected chi connectivity index (χ4v) is 6.48. The number of aldehydes is 1. The van der Waals surface area contributed by atoms with Crippen LogP contribution in [0, 0.1) is 11.8 Å². The molecule has 1 saturated carbocycles. The van der Waals surface area contributed by atoms with Crippen molar-refractivity contribution < 1.29 is 14.3 Å². The number of rotatable bonds is 19. The van der Waals surface area contributed by atoms with Crippen LogP contribution in [0.3, 0.4) is 0 Å². The molecule has 3 nitrogen and oxygen atoms in total. The van der Waals surface area contributed by atoms with Crippen LogP contribution in [0.2, 0.25) is 0 Å². The SMILES string of the molecule is C=C(CCCCCCC/C(CCC=O)=C(\CCCC1=C(C)C=C(CC2CCCC2)C(C)C=C1)C(C)=O)OC(C)(C)C. The van der Waals surface area contributed by atoms with Crippen LogP contribution >= 0.6 is 0 Å². The molecule has 0 aromatic carbocycles. The van der Waals surface area contributed by atoms with Gasteiger partial charge in [0.1, 0.15) is 11.9 Å². The minimum absolute atomic E-state index is 0.175. The minimum Gasteiger partial charge on any atom is -0.493 e. The van der Waals surface area contributed by atoms with Crippen LogP contribution < -0.4 is 0 Å². The maximum Gasteiger partial charge on any atom is 0.155 e. The van der Waals surface area contributed by atoms with Crippen LogP contribution in [0.4, 0.5) is 0 Å². The summed E-state index contributed by atoms with van der Waals surface area (Å²) >= 11 is 0. The number of ketones is 1. The van der Waals surface area contributed by atoms with E-state index in [1.165, 1.54) is 55.2 Å². The number of unbranched alkanes of at least 4 members (excludes halogenated alkanes) is 4. The summed E-state index contributed by atoms with van der Waals surface area (Å²) in [5.74, 6) is 2.43. The molecule has 0 spiro atoms. The van der Waals surface area contributed by atoms with E-state index in [1.54, 1.807) is 12.5 Å². The highest BCUT2D eigenvalue weighted by molar-refractivity contribution is 5.94. The van der Waals surface area contributed by atoms with Gasteiger partial charge in [-0.15, -0.1) is 0 Å². The second kappa shape index (κ2) is 18.4. The average molecular weight is 565 g/mol. The van der Waals surface area contributed by atoms with Crippen molar-refractivity contribution in [3.63, 3.8) is 0 Å². The van der Waals surface area contributed by atoms with Crippen molar-refractivity contribution in [1.82, 2.24) is 0 Å². The summed E-state index contributed by atoms with van der Waals surface area (Å²) in [4.78, 5) is 23.9. The number of ether oxygens (including phenoxy) is 1. The van der Waals surface area contributed by atoms with E-state index in [0.717, 1.165) is 87.7 Å². The van der Waals surface area contributed by atoms with Crippen molar-refractivity contribution in [2.24, 2.45) is 11.8 Å². The smallest absolute Gasteiger partial charge is 0.155 e. The molecule has 1 fully saturated rings.